The first-order valence-corrected chi connectivity index (χ1v) is 13.1. The lowest BCUT2D eigenvalue weighted by Crippen LogP contribution is -1.83. The molecular formula is C34H21IO. The predicted molar refractivity (Wildman–Crippen MR) is 160 cm³/mol. The molecule has 0 saturated heterocycles. The van der Waals surface area contributed by atoms with Crippen molar-refractivity contribution in [3.63, 3.8) is 0 Å². The van der Waals surface area contributed by atoms with Crippen molar-refractivity contribution >= 4 is 55.3 Å². The summed E-state index contributed by atoms with van der Waals surface area (Å²) >= 11 is 2.35. The van der Waals surface area contributed by atoms with E-state index in [2.05, 4.69) is 138 Å². The lowest BCUT2D eigenvalue weighted by atomic mass is 9.96. The van der Waals surface area contributed by atoms with E-state index in [0.29, 0.717) is 0 Å². The molecule has 7 rings (SSSR count). The minimum atomic E-state index is 0.929. The highest BCUT2D eigenvalue weighted by Gasteiger charge is 2.12. The van der Waals surface area contributed by atoms with Crippen molar-refractivity contribution in [1.29, 1.82) is 0 Å². The Morgan fingerprint density at radius 2 is 1.00 bits per heavy atom. The molecule has 0 bridgehead atoms. The minimum Gasteiger partial charge on any atom is -0.455 e. The lowest BCUT2D eigenvalue weighted by Gasteiger charge is -2.09. The number of rotatable bonds is 3. The Morgan fingerprint density at radius 1 is 0.444 bits per heavy atom. The summed E-state index contributed by atoms with van der Waals surface area (Å²) < 4.78 is 7.50. The van der Waals surface area contributed by atoms with Gasteiger partial charge in [-0.05, 0) is 91.5 Å². The van der Waals surface area contributed by atoms with Gasteiger partial charge in [-0.3, -0.25) is 0 Å². The number of halogens is 1. The summed E-state index contributed by atoms with van der Waals surface area (Å²) in [5, 5.41) is 4.82. The fourth-order valence-corrected chi connectivity index (χ4v) is 5.42. The van der Waals surface area contributed by atoms with Gasteiger partial charge in [0.15, 0.2) is 0 Å². The third kappa shape index (κ3) is 3.69. The zero-order valence-electron chi connectivity index (χ0n) is 19.4. The molecule has 1 heterocycles. The highest BCUT2D eigenvalue weighted by atomic mass is 127. The van der Waals surface area contributed by atoms with Crippen LogP contribution in [0, 0.1) is 3.57 Å². The average molecular weight is 572 g/mol. The number of fused-ring (bicyclic) bond motifs is 4. The topological polar surface area (TPSA) is 13.1 Å². The summed E-state index contributed by atoms with van der Waals surface area (Å²) in [5.74, 6) is 0. The van der Waals surface area contributed by atoms with Crippen LogP contribution in [-0.4, -0.2) is 0 Å². The Labute approximate surface area is 223 Å². The van der Waals surface area contributed by atoms with Crippen LogP contribution in [0.15, 0.2) is 132 Å². The van der Waals surface area contributed by atoms with Gasteiger partial charge < -0.3 is 4.42 Å². The number of para-hydroxylation sites is 2. The normalized spacial score (nSPS) is 11.5. The Bertz CT molecular complexity index is 1880. The molecule has 0 aliphatic rings. The summed E-state index contributed by atoms with van der Waals surface area (Å²) in [6.07, 6.45) is 0. The van der Waals surface area contributed by atoms with Crippen molar-refractivity contribution in [1.82, 2.24) is 0 Å². The van der Waals surface area contributed by atoms with Crippen molar-refractivity contribution in [2.75, 3.05) is 0 Å². The molecule has 0 spiro atoms. The van der Waals surface area contributed by atoms with Crippen LogP contribution in [0.3, 0.4) is 0 Å². The van der Waals surface area contributed by atoms with Crippen LogP contribution in [0.5, 0.6) is 0 Å². The smallest absolute Gasteiger partial charge is 0.143 e. The van der Waals surface area contributed by atoms with E-state index in [4.69, 9.17) is 4.42 Å². The summed E-state index contributed by atoms with van der Waals surface area (Å²) in [5.41, 5.74) is 9.08. The maximum atomic E-state index is 6.25. The molecule has 6 aromatic carbocycles. The molecule has 0 unspecified atom stereocenters. The van der Waals surface area contributed by atoms with E-state index in [0.717, 1.165) is 33.1 Å². The Hall–Kier alpha value is -3.89. The summed E-state index contributed by atoms with van der Waals surface area (Å²) in [6.45, 7) is 0. The second-order valence-corrected chi connectivity index (χ2v) is 10.4. The molecule has 1 aromatic heterocycles. The standard InChI is InChI=1S/C34H21IO/c35-29-18-16-23(17-19-29)26-13-15-27-20-25(12-14-28(27)21-26)22-8-10-24(11-9-22)30-5-3-6-32-31-4-1-2-7-33(31)36-34(30)32/h1-21H. The molecule has 0 aliphatic heterocycles. The second kappa shape index (κ2) is 8.65. The maximum Gasteiger partial charge on any atom is 0.143 e. The second-order valence-electron chi connectivity index (χ2n) is 9.14. The zero-order chi connectivity index (χ0) is 24.1. The monoisotopic (exact) mass is 572 g/mol. The van der Waals surface area contributed by atoms with Crippen molar-refractivity contribution in [3.05, 3.63) is 131 Å². The Kier molecular flexibility index (Phi) is 5.14. The third-order valence-electron chi connectivity index (χ3n) is 6.95. The molecule has 0 radical (unpaired) electrons. The summed E-state index contributed by atoms with van der Waals surface area (Å²) in [7, 11) is 0. The quantitative estimate of drug-likeness (QED) is 0.192. The SMILES string of the molecule is Ic1ccc(-c2ccc3cc(-c4ccc(-c5cccc6c5oc5ccccc56)cc4)ccc3c2)cc1. The molecule has 36 heavy (non-hydrogen) atoms. The van der Waals surface area contributed by atoms with Crippen molar-refractivity contribution in [2.24, 2.45) is 0 Å². The molecule has 0 amide bonds. The molecule has 0 fully saturated rings. The van der Waals surface area contributed by atoms with Crippen LogP contribution < -0.4 is 0 Å². The molecule has 170 valence electrons. The summed E-state index contributed by atoms with van der Waals surface area (Å²) in [6, 6.07) is 45.5. The van der Waals surface area contributed by atoms with Crippen LogP contribution in [0.4, 0.5) is 0 Å². The lowest BCUT2D eigenvalue weighted by molar-refractivity contribution is 0.670. The van der Waals surface area contributed by atoms with Gasteiger partial charge >= 0.3 is 0 Å². The van der Waals surface area contributed by atoms with Gasteiger partial charge in [-0.25, -0.2) is 0 Å². The average Bonchev–Trinajstić information content (AvgIpc) is 3.32. The van der Waals surface area contributed by atoms with E-state index in [1.807, 2.05) is 12.1 Å². The molecule has 0 atom stereocenters. The zero-order valence-corrected chi connectivity index (χ0v) is 21.6. The molecule has 0 aliphatic carbocycles. The highest BCUT2D eigenvalue weighted by Crippen LogP contribution is 2.36. The van der Waals surface area contributed by atoms with E-state index in [1.165, 1.54) is 36.6 Å². The molecule has 2 heteroatoms. The predicted octanol–water partition coefficient (Wildman–Crippen LogP) is 10.3. The van der Waals surface area contributed by atoms with E-state index in [1.54, 1.807) is 0 Å². The summed E-state index contributed by atoms with van der Waals surface area (Å²) in [4.78, 5) is 0. The van der Waals surface area contributed by atoms with E-state index in [-0.39, 0.29) is 0 Å². The molecule has 1 nitrogen and oxygen atoms in total. The van der Waals surface area contributed by atoms with Crippen LogP contribution in [0.25, 0.3) is 66.1 Å². The molecule has 7 aromatic rings. The maximum absolute atomic E-state index is 6.25. The first-order valence-electron chi connectivity index (χ1n) is 12.0. The molecule has 0 saturated carbocycles. The van der Waals surface area contributed by atoms with Gasteiger partial charge in [-0.1, -0.05) is 97.1 Å². The largest absolute Gasteiger partial charge is 0.455 e. The van der Waals surface area contributed by atoms with Gasteiger partial charge in [0.1, 0.15) is 11.2 Å². The number of hydrogen-bond donors (Lipinski definition) is 0. The van der Waals surface area contributed by atoms with E-state index in [9.17, 15) is 0 Å². The minimum absolute atomic E-state index is 0.929. The first-order chi connectivity index (χ1) is 17.7. The van der Waals surface area contributed by atoms with Gasteiger partial charge in [0, 0.05) is 19.9 Å². The fourth-order valence-electron chi connectivity index (χ4n) is 5.06. The van der Waals surface area contributed by atoms with E-state index < -0.39 is 0 Å². The van der Waals surface area contributed by atoms with Crippen molar-refractivity contribution < 1.29 is 4.42 Å². The third-order valence-corrected chi connectivity index (χ3v) is 7.67. The van der Waals surface area contributed by atoms with Gasteiger partial charge in [0.05, 0.1) is 0 Å². The van der Waals surface area contributed by atoms with Gasteiger partial charge in [-0.2, -0.15) is 0 Å². The number of furan rings is 1. The number of benzene rings is 6. The molecule has 0 N–H and O–H groups in total. The Balaban J connectivity index is 1.23. The van der Waals surface area contributed by atoms with Crippen molar-refractivity contribution in [2.45, 2.75) is 0 Å². The van der Waals surface area contributed by atoms with Crippen LogP contribution in [0.2, 0.25) is 0 Å². The van der Waals surface area contributed by atoms with E-state index >= 15 is 0 Å². The van der Waals surface area contributed by atoms with Gasteiger partial charge in [-0.15, -0.1) is 0 Å². The van der Waals surface area contributed by atoms with Crippen LogP contribution >= 0.6 is 22.6 Å². The molecular weight excluding hydrogens is 551 g/mol. The highest BCUT2D eigenvalue weighted by molar-refractivity contribution is 14.1. The Morgan fingerprint density at radius 3 is 1.69 bits per heavy atom. The van der Waals surface area contributed by atoms with Crippen LogP contribution in [0.1, 0.15) is 0 Å². The fraction of sp³-hybridized carbons (Fsp3) is 0. The first kappa shape index (κ1) is 21.4. The van der Waals surface area contributed by atoms with Crippen LogP contribution in [-0.2, 0) is 0 Å². The number of hydrogen-bond acceptors (Lipinski definition) is 1. The van der Waals surface area contributed by atoms with Gasteiger partial charge in [0.25, 0.3) is 0 Å². The van der Waals surface area contributed by atoms with Gasteiger partial charge in [0.2, 0.25) is 0 Å². The van der Waals surface area contributed by atoms with Crippen molar-refractivity contribution in [3.8, 4) is 33.4 Å².